The van der Waals surface area contributed by atoms with Gasteiger partial charge in [-0.05, 0) is 37.1 Å². The number of esters is 1. The van der Waals surface area contributed by atoms with Crippen molar-refractivity contribution in [2.75, 3.05) is 13.7 Å². The highest BCUT2D eigenvalue weighted by Crippen LogP contribution is 2.14. The van der Waals surface area contributed by atoms with Gasteiger partial charge in [-0.2, -0.15) is 4.72 Å². The molecule has 0 aliphatic carbocycles. The van der Waals surface area contributed by atoms with E-state index in [1.54, 1.807) is 17.0 Å². The standard InChI is InChI=1S/C20H27ClN4O5S/c1-30-19(26)6-4-2-3-5-11-23-20(27)18(14-25-13-12-22-15-25)24-31(28,29)17-9-7-16(21)8-10-17/h7-10,12-13,15,18,24H,2-6,11,14H2,1H3,(H,23,27)/t18-/m0/s1. The van der Waals surface area contributed by atoms with Crippen LogP contribution in [0.15, 0.2) is 47.9 Å². The van der Waals surface area contributed by atoms with E-state index in [0.29, 0.717) is 24.4 Å². The van der Waals surface area contributed by atoms with Crippen molar-refractivity contribution in [3.05, 3.63) is 48.0 Å². The number of benzene rings is 1. The summed E-state index contributed by atoms with van der Waals surface area (Å²) in [5.41, 5.74) is 0. The van der Waals surface area contributed by atoms with Gasteiger partial charge in [0.15, 0.2) is 0 Å². The Morgan fingerprint density at radius 3 is 2.52 bits per heavy atom. The summed E-state index contributed by atoms with van der Waals surface area (Å²) in [4.78, 5) is 27.7. The number of amides is 1. The zero-order valence-corrected chi connectivity index (χ0v) is 18.9. The van der Waals surface area contributed by atoms with Crippen LogP contribution in [0.25, 0.3) is 0 Å². The van der Waals surface area contributed by atoms with E-state index in [0.717, 1.165) is 19.3 Å². The molecule has 0 saturated carbocycles. The number of sulfonamides is 1. The lowest BCUT2D eigenvalue weighted by atomic mass is 10.1. The van der Waals surface area contributed by atoms with Crippen molar-refractivity contribution in [1.29, 1.82) is 0 Å². The van der Waals surface area contributed by atoms with E-state index >= 15 is 0 Å². The zero-order chi connectivity index (χ0) is 22.7. The maximum absolute atomic E-state index is 12.7. The fraction of sp³-hybridized carbons (Fsp3) is 0.450. The summed E-state index contributed by atoms with van der Waals surface area (Å²) in [6, 6.07) is 4.69. The summed E-state index contributed by atoms with van der Waals surface area (Å²) in [6.45, 7) is 0.498. The molecule has 9 nitrogen and oxygen atoms in total. The molecule has 11 heteroatoms. The van der Waals surface area contributed by atoms with Gasteiger partial charge in [0.05, 0.1) is 18.3 Å². The Morgan fingerprint density at radius 1 is 1.16 bits per heavy atom. The summed E-state index contributed by atoms with van der Waals surface area (Å²) in [5.74, 6) is -0.663. The third-order valence-electron chi connectivity index (χ3n) is 4.53. The summed E-state index contributed by atoms with van der Waals surface area (Å²) in [5, 5.41) is 3.19. The van der Waals surface area contributed by atoms with Crippen LogP contribution in [0.2, 0.25) is 5.02 Å². The maximum Gasteiger partial charge on any atom is 0.305 e. The number of halogens is 1. The van der Waals surface area contributed by atoms with Crippen molar-refractivity contribution < 1.29 is 22.7 Å². The Hall–Kier alpha value is -2.43. The Bertz CT molecular complexity index is 933. The third-order valence-corrected chi connectivity index (χ3v) is 6.26. The van der Waals surface area contributed by atoms with Crippen LogP contribution in [0, 0.1) is 0 Å². The molecule has 0 aliphatic rings. The van der Waals surface area contributed by atoms with E-state index in [4.69, 9.17) is 11.6 Å². The Morgan fingerprint density at radius 2 is 1.87 bits per heavy atom. The first-order chi connectivity index (χ1) is 14.8. The number of aromatic nitrogens is 2. The van der Waals surface area contributed by atoms with Crippen LogP contribution in [-0.2, 0) is 30.9 Å². The summed E-state index contributed by atoms with van der Waals surface area (Å²) in [6.07, 6.45) is 8.21. The topological polar surface area (TPSA) is 119 Å². The predicted molar refractivity (Wildman–Crippen MR) is 116 cm³/mol. The molecule has 0 unspecified atom stereocenters. The summed E-state index contributed by atoms with van der Waals surface area (Å²) < 4.78 is 34.1. The van der Waals surface area contributed by atoms with Gasteiger partial charge in [0.2, 0.25) is 15.9 Å². The fourth-order valence-corrected chi connectivity index (χ4v) is 4.15. The molecule has 0 fully saturated rings. The number of ether oxygens (including phenoxy) is 1. The highest BCUT2D eigenvalue weighted by molar-refractivity contribution is 7.89. The second-order valence-corrected chi connectivity index (χ2v) is 9.07. The quantitative estimate of drug-likeness (QED) is 0.342. The molecule has 2 rings (SSSR count). The van der Waals surface area contributed by atoms with Crippen LogP contribution in [0.5, 0.6) is 0 Å². The number of hydrogen-bond acceptors (Lipinski definition) is 6. The van der Waals surface area contributed by atoms with E-state index < -0.39 is 22.0 Å². The average molecular weight is 471 g/mol. The maximum atomic E-state index is 12.7. The molecule has 1 atom stereocenters. The number of hydrogen-bond donors (Lipinski definition) is 2. The van der Waals surface area contributed by atoms with Gasteiger partial charge in [0, 0.05) is 36.9 Å². The van der Waals surface area contributed by atoms with Gasteiger partial charge in [-0.15, -0.1) is 0 Å². The first-order valence-electron chi connectivity index (χ1n) is 9.90. The number of nitrogens with one attached hydrogen (secondary N) is 2. The van der Waals surface area contributed by atoms with E-state index in [1.165, 1.54) is 37.7 Å². The summed E-state index contributed by atoms with van der Waals surface area (Å²) in [7, 11) is -2.56. The van der Waals surface area contributed by atoms with E-state index in [-0.39, 0.29) is 17.4 Å². The van der Waals surface area contributed by atoms with Crippen molar-refractivity contribution in [3.8, 4) is 0 Å². The van der Waals surface area contributed by atoms with Gasteiger partial charge in [0.1, 0.15) is 6.04 Å². The number of methoxy groups -OCH3 is 1. The normalized spacial score (nSPS) is 12.3. The van der Waals surface area contributed by atoms with E-state index in [9.17, 15) is 18.0 Å². The molecule has 1 heterocycles. The highest BCUT2D eigenvalue weighted by Gasteiger charge is 2.26. The first-order valence-corrected chi connectivity index (χ1v) is 11.8. The number of unbranched alkanes of at least 4 members (excludes halogenated alkanes) is 3. The van der Waals surface area contributed by atoms with Gasteiger partial charge in [-0.3, -0.25) is 9.59 Å². The van der Waals surface area contributed by atoms with Gasteiger partial charge in [0.25, 0.3) is 0 Å². The number of carbonyl (C=O) groups is 2. The Balaban J connectivity index is 1.91. The fourth-order valence-electron chi connectivity index (χ4n) is 2.83. The second-order valence-electron chi connectivity index (χ2n) is 6.92. The minimum absolute atomic E-state index is 0.0194. The second kappa shape index (κ2) is 12.4. The number of rotatable bonds is 13. The predicted octanol–water partition coefficient (Wildman–Crippen LogP) is 2.12. The number of carbonyl (C=O) groups excluding carboxylic acids is 2. The van der Waals surface area contributed by atoms with E-state index in [1.807, 2.05) is 0 Å². The number of nitrogens with zero attached hydrogens (tertiary/aromatic N) is 2. The molecular weight excluding hydrogens is 444 g/mol. The molecule has 0 radical (unpaired) electrons. The molecule has 1 amide bonds. The van der Waals surface area contributed by atoms with Crippen LogP contribution in [0.3, 0.4) is 0 Å². The minimum Gasteiger partial charge on any atom is -0.469 e. The molecular formula is C20H27ClN4O5S. The van der Waals surface area contributed by atoms with Crippen molar-refractivity contribution in [2.45, 2.75) is 49.6 Å². The smallest absolute Gasteiger partial charge is 0.305 e. The van der Waals surface area contributed by atoms with Crippen LogP contribution in [-0.4, -0.2) is 49.5 Å². The van der Waals surface area contributed by atoms with E-state index in [2.05, 4.69) is 19.8 Å². The molecule has 0 bridgehead atoms. The van der Waals surface area contributed by atoms with Gasteiger partial charge < -0.3 is 14.6 Å². The van der Waals surface area contributed by atoms with Crippen molar-refractivity contribution in [1.82, 2.24) is 19.6 Å². The Kier molecular flexibility index (Phi) is 9.96. The summed E-state index contributed by atoms with van der Waals surface area (Å²) >= 11 is 5.83. The SMILES string of the molecule is COC(=O)CCCCCCNC(=O)[C@H](Cn1ccnc1)NS(=O)(=O)c1ccc(Cl)cc1. The monoisotopic (exact) mass is 470 g/mol. The lowest BCUT2D eigenvalue weighted by Crippen LogP contribution is -2.49. The molecule has 2 aromatic rings. The van der Waals surface area contributed by atoms with Gasteiger partial charge in [-0.1, -0.05) is 24.4 Å². The van der Waals surface area contributed by atoms with Gasteiger partial charge >= 0.3 is 5.97 Å². The lowest BCUT2D eigenvalue weighted by Gasteiger charge is -2.19. The van der Waals surface area contributed by atoms with Crippen molar-refractivity contribution in [2.24, 2.45) is 0 Å². The molecule has 31 heavy (non-hydrogen) atoms. The third kappa shape index (κ3) is 8.68. The minimum atomic E-state index is -3.92. The molecule has 0 spiro atoms. The van der Waals surface area contributed by atoms with Crippen LogP contribution in [0.4, 0.5) is 0 Å². The molecule has 0 saturated heterocycles. The van der Waals surface area contributed by atoms with Crippen LogP contribution < -0.4 is 10.0 Å². The lowest BCUT2D eigenvalue weighted by molar-refractivity contribution is -0.140. The highest BCUT2D eigenvalue weighted by atomic mass is 35.5. The van der Waals surface area contributed by atoms with Crippen molar-refractivity contribution >= 4 is 33.5 Å². The molecule has 2 N–H and O–H groups in total. The number of imidazole rings is 1. The van der Waals surface area contributed by atoms with Crippen LogP contribution >= 0.6 is 11.6 Å². The molecule has 0 aliphatic heterocycles. The molecule has 170 valence electrons. The van der Waals surface area contributed by atoms with Crippen molar-refractivity contribution in [3.63, 3.8) is 0 Å². The molecule has 1 aromatic heterocycles. The largest absolute Gasteiger partial charge is 0.469 e. The van der Waals surface area contributed by atoms with Gasteiger partial charge in [-0.25, -0.2) is 13.4 Å². The first kappa shape index (κ1) is 24.8. The average Bonchev–Trinajstić information content (AvgIpc) is 3.25. The zero-order valence-electron chi connectivity index (χ0n) is 17.3. The molecule has 1 aromatic carbocycles. The van der Waals surface area contributed by atoms with Crippen LogP contribution in [0.1, 0.15) is 32.1 Å². The Labute approximate surface area is 187 Å².